The van der Waals surface area contributed by atoms with E-state index >= 15 is 0 Å². The van der Waals surface area contributed by atoms with Crippen LogP contribution in [-0.4, -0.2) is 17.9 Å². The van der Waals surface area contributed by atoms with E-state index in [0.29, 0.717) is 6.42 Å². The molecule has 0 fully saturated rings. The molecule has 0 saturated carbocycles. The molecular weight excluding hydrogens is 178 g/mol. The van der Waals surface area contributed by atoms with E-state index in [2.05, 4.69) is 15.4 Å². The van der Waals surface area contributed by atoms with Gasteiger partial charge in [0.1, 0.15) is 5.54 Å². The molecule has 1 aliphatic heterocycles. The first-order valence-electron chi connectivity index (χ1n) is 4.50. The first kappa shape index (κ1) is 9.02. The van der Waals surface area contributed by atoms with Crippen LogP contribution in [0.2, 0.25) is 0 Å². The van der Waals surface area contributed by atoms with Gasteiger partial charge in [-0.15, -0.1) is 5.10 Å². The Balaban J connectivity index is 2.37. The molecule has 2 rings (SSSR count). The number of aliphatic hydroxyl groups is 1. The van der Waals surface area contributed by atoms with Crippen LogP contribution in [0.3, 0.4) is 0 Å². The Hall–Kier alpha value is -1.55. The van der Waals surface area contributed by atoms with Gasteiger partial charge in [0.15, 0.2) is 0 Å². The van der Waals surface area contributed by atoms with Gasteiger partial charge in [0.2, 0.25) is 0 Å². The average molecular weight is 189 g/mol. The normalized spacial score (nSPS) is 24.4. The van der Waals surface area contributed by atoms with Crippen molar-refractivity contribution < 1.29 is 5.11 Å². The van der Waals surface area contributed by atoms with Gasteiger partial charge < -0.3 is 5.11 Å². The highest BCUT2D eigenvalue weighted by molar-refractivity contribution is 5.74. The number of nitrogens with zero attached hydrogens (tertiary/aromatic N) is 3. The zero-order valence-corrected chi connectivity index (χ0v) is 7.67. The molecule has 1 unspecified atom stereocenters. The molecule has 0 aromatic heterocycles. The maximum Gasteiger partial charge on any atom is 0.148 e. The third-order valence-electron chi connectivity index (χ3n) is 2.31. The van der Waals surface area contributed by atoms with Gasteiger partial charge in [-0.3, -0.25) is 0 Å². The van der Waals surface area contributed by atoms with Crippen molar-refractivity contribution in [3.8, 4) is 0 Å². The standard InChI is InChI=1S/C10H11N3O/c14-7-6-10(8-11-13-12-10)9-4-2-1-3-5-9/h1-5,8,14H,6-7H2. The Morgan fingerprint density at radius 3 is 2.57 bits per heavy atom. The van der Waals surface area contributed by atoms with Crippen LogP contribution in [0.4, 0.5) is 0 Å². The van der Waals surface area contributed by atoms with Gasteiger partial charge >= 0.3 is 0 Å². The van der Waals surface area contributed by atoms with Crippen LogP contribution in [0, 0.1) is 0 Å². The number of aliphatic hydroxyl groups excluding tert-OH is 1. The second kappa shape index (κ2) is 3.67. The van der Waals surface area contributed by atoms with Crippen molar-refractivity contribution in [1.29, 1.82) is 0 Å². The zero-order chi connectivity index (χ0) is 9.86. The van der Waals surface area contributed by atoms with E-state index in [9.17, 15) is 0 Å². The lowest BCUT2D eigenvalue weighted by atomic mass is 9.89. The summed E-state index contributed by atoms with van der Waals surface area (Å²) in [4.78, 5) is 0. The van der Waals surface area contributed by atoms with Gasteiger partial charge in [0, 0.05) is 13.0 Å². The molecule has 0 saturated heterocycles. The molecule has 1 atom stereocenters. The topological polar surface area (TPSA) is 57.3 Å². The SMILES string of the molecule is OCCC1(c2ccccc2)C=NN=N1. The lowest BCUT2D eigenvalue weighted by Gasteiger charge is -2.19. The second-order valence-corrected chi connectivity index (χ2v) is 3.20. The average Bonchev–Trinajstić information content (AvgIpc) is 2.70. The summed E-state index contributed by atoms with van der Waals surface area (Å²) in [6.07, 6.45) is 2.20. The van der Waals surface area contributed by atoms with E-state index in [1.807, 2.05) is 30.3 Å². The highest BCUT2D eigenvalue weighted by atomic mass is 16.3. The molecule has 14 heavy (non-hydrogen) atoms. The molecule has 4 heteroatoms. The maximum absolute atomic E-state index is 8.99. The first-order valence-corrected chi connectivity index (χ1v) is 4.50. The fourth-order valence-electron chi connectivity index (χ4n) is 1.54. The van der Waals surface area contributed by atoms with Crippen molar-refractivity contribution in [3.63, 3.8) is 0 Å². The predicted molar refractivity (Wildman–Crippen MR) is 53.2 cm³/mol. The third-order valence-corrected chi connectivity index (χ3v) is 2.31. The Morgan fingerprint density at radius 1 is 1.21 bits per heavy atom. The Bertz CT molecular complexity index is 347. The third kappa shape index (κ3) is 1.44. The summed E-state index contributed by atoms with van der Waals surface area (Å²) >= 11 is 0. The molecule has 0 amide bonds. The molecule has 1 N–H and O–H groups in total. The fraction of sp³-hybridized carbons (Fsp3) is 0.300. The monoisotopic (exact) mass is 189 g/mol. The van der Waals surface area contributed by atoms with Crippen molar-refractivity contribution in [2.24, 2.45) is 15.4 Å². The molecule has 1 heterocycles. The van der Waals surface area contributed by atoms with Crippen LogP contribution in [0.5, 0.6) is 0 Å². The second-order valence-electron chi connectivity index (χ2n) is 3.20. The Morgan fingerprint density at radius 2 is 2.00 bits per heavy atom. The summed E-state index contributed by atoms with van der Waals surface area (Å²) in [7, 11) is 0. The van der Waals surface area contributed by atoms with Gasteiger partial charge in [0.25, 0.3) is 0 Å². The van der Waals surface area contributed by atoms with E-state index in [-0.39, 0.29) is 6.61 Å². The van der Waals surface area contributed by atoms with Crippen LogP contribution in [-0.2, 0) is 5.54 Å². The summed E-state index contributed by atoms with van der Waals surface area (Å²) in [6, 6.07) is 9.75. The van der Waals surface area contributed by atoms with E-state index in [1.54, 1.807) is 6.21 Å². The van der Waals surface area contributed by atoms with Crippen LogP contribution < -0.4 is 0 Å². The Kier molecular flexibility index (Phi) is 2.37. The van der Waals surface area contributed by atoms with E-state index in [4.69, 9.17) is 5.11 Å². The highest BCUT2D eigenvalue weighted by Gasteiger charge is 2.32. The molecule has 0 radical (unpaired) electrons. The van der Waals surface area contributed by atoms with Gasteiger partial charge in [-0.1, -0.05) is 30.3 Å². The molecule has 1 aromatic carbocycles. The maximum atomic E-state index is 8.99. The number of rotatable bonds is 3. The summed E-state index contributed by atoms with van der Waals surface area (Å²) < 4.78 is 0. The minimum atomic E-state index is -0.546. The number of benzene rings is 1. The molecule has 0 spiro atoms. The van der Waals surface area contributed by atoms with Gasteiger partial charge in [-0.2, -0.15) is 5.11 Å². The lowest BCUT2D eigenvalue weighted by molar-refractivity contribution is 0.264. The molecule has 0 aliphatic carbocycles. The highest BCUT2D eigenvalue weighted by Crippen LogP contribution is 2.30. The van der Waals surface area contributed by atoms with Gasteiger partial charge in [-0.05, 0) is 10.8 Å². The molecule has 1 aromatic rings. The van der Waals surface area contributed by atoms with Crippen molar-refractivity contribution in [1.82, 2.24) is 0 Å². The predicted octanol–water partition coefficient (Wildman–Crippen LogP) is 1.72. The number of hydrogen-bond donors (Lipinski definition) is 1. The Labute approximate surface area is 82.0 Å². The minimum Gasteiger partial charge on any atom is -0.396 e. The van der Waals surface area contributed by atoms with Crippen LogP contribution in [0.1, 0.15) is 12.0 Å². The number of hydrogen-bond acceptors (Lipinski definition) is 4. The van der Waals surface area contributed by atoms with Crippen molar-refractivity contribution >= 4 is 6.21 Å². The van der Waals surface area contributed by atoms with Crippen molar-refractivity contribution in [3.05, 3.63) is 35.9 Å². The quantitative estimate of drug-likeness (QED) is 0.773. The molecule has 0 bridgehead atoms. The molecular formula is C10H11N3O. The van der Waals surface area contributed by atoms with E-state index < -0.39 is 5.54 Å². The van der Waals surface area contributed by atoms with Crippen LogP contribution in [0.15, 0.2) is 45.8 Å². The zero-order valence-electron chi connectivity index (χ0n) is 7.67. The van der Waals surface area contributed by atoms with Crippen molar-refractivity contribution in [2.75, 3.05) is 6.61 Å². The summed E-state index contributed by atoms with van der Waals surface area (Å²) in [5.74, 6) is 0. The largest absolute Gasteiger partial charge is 0.396 e. The van der Waals surface area contributed by atoms with Crippen LogP contribution >= 0.6 is 0 Å². The molecule has 1 aliphatic rings. The summed E-state index contributed by atoms with van der Waals surface area (Å²) in [5.41, 5.74) is 0.467. The van der Waals surface area contributed by atoms with Gasteiger partial charge in [-0.25, -0.2) is 0 Å². The van der Waals surface area contributed by atoms with Crippen LogP contribution in [0.25, 0.3) is 0 Å². The van der Waals surface area contributed by atoms with Crippen molar-refractivity contribution in [2.45, 2.75) is 12.0 Å². The van der Waals surface area contributed by atoms with E-state index in [1.165, 1.54) is 0 Å². The fourth-order valence-corrected chi connectivity index (χ4v) is 1.54. The molecule has 72 valence electrons. The summed E-state index contributed by atoms with van der Waals surface area (Å²) in [5, 5.41) is 20.4. The van der Waals surface area contributed by atoms with E-state index in [0.717, 1.165) is 5.56 Å². The molecule has 4 nitrogen and oxygen atoms in total. The first-order chi connectivity index (χ1) is 6.87. The van der Waals surface area contributed by atoms with Gasteiger partial charge in [0.05, 0.1) is 6.21 Å². The summed E-state index contributed by atoms with van der Waals surface area (Å²) in [6.45, 7) is 0.0694. The smallest absolute Gasteiger partial charge is 0.148 e. The minimum absolute atomic E-state index is 0.0694. The lowest BCUT2D eigenvalue weighted by Crippen LogP contribution is -2.24.